The van der Waals surface area contributed by atoms with Crippen molar-refractivity contribution >= 4 is 28.8 Å². The van der Waals surface area contributed by atoms with E-state index in [4.69, 9.17) is 28.0 Å². The van der Waals surface area contributed by atoms with Gasteiger partial charge in [0, 0.05) is 11.6 Å². The number of benzene rings is 1. The molecule has 6 heteroatoms. The lowest BCUT2D eigenvalue weighted by Gasteiger charge is -2.30. The van der Waals surface area contributed by atoms with Gasteiger partial charge in [0.15, 0.2) is 0 Å². The van der Waals surface area contributed by atoms with Crippen LogP contribution in [0.1, 0.15) is 25.3 Å². The molecule has 0 aliphatic carbocycles. The number of hydroxylamine groups is 1. The van der Waals surface area contributed by atoms with Crippen molar-refractivity contribution in [3.8, 4) is 0 Å². The number of hydrogen-bond acceptors (Lipinski definition) is 4. The summed E-state index contributed by atoms with van der Waals surface area (Å²) in [5, 5.41) is 15.0. The highest BCUT2D eigenvalue weighted by molar-refractivity contribution is 6.42. The summed E-state index contributed by atoms with van der Waals surface area (Å²) in [6.45, 7) is 1.94. The Morgan fingerprint density at radius 3 is 2.83 bits per heavy atom. The third-order valence-corrected chi connectivity index (χ3v) is 5.21. The molecule has 1 fully saturated rings. The maximum atomic E-state index is 10.4. The lowest BCUT2D eigenvalue weighted by molar-refractivity contribution is 0.116. The van der Waals surface area contributed by atoms with E-state index in [0.717, 1.165) is 35.2 Å². The highest BCUT2D eigenvalue weighted by Crippen LogP contribution is 2.40. The van der Waals surface area contributed by atoms with Crippen molar-refractivity contribution in [3.05, 3.63) is 51.2 Å². The van der Waals surface area contributed by atoms with Gasteiger partial charge >= 0.3 is 0 Å². The number of halogens is 2. The summed E-state index contributed by atoms with van der Waals surface area (Å²) in [6.07, 6.45) is 3.10. The Balaban J connectivity index is 2.14. The van der Waals surface area contributed by atoms with E-state index in [1.165, 1.54) is 0 Å². The molecule has 23 heavy (non-hydrogen) atoms. The molecule has 2 aliphatic rings. The maximum Gasteiger partial charge on any atom is 0.0750 e. The summed E-state index contributed by atoms with van der Waals surface area (Å²) in [7, 11) is 1.58. The molecule has 2 unspecified atom stereocenters. The molecule has 3 N–H and O–H groups in total. The number of nitrogens with one attached hydrogen (secondary N) is 2. The van der Waals surface area contributed by atoms with E-state index in [2.05, 4.69) is 10.8 Å². The molecule has 4 nitrogen and oxygen atoms in total. The van der Waals surface area contributed by atoms with E-state index in [1.807, 2.05) is 31.2 Å². The van der Waals surface area contributed by atoms with Crippen molar-refractivity contribution in [2.45, 2.75) is 38.0 Å². The Hall–Kier alpha value is -1.04. The van der Waals surface area contributed by atoms with Crippen molar-refractivity contribution in [2.24, 2.45) is 0 Å². The van der Waals surface area contributed by atoms with Crippen LogP contribution in [0.25, 0.3) is 5.57 Å². The maximum absolute atomic E-state index is 10.4. The average Bonchev–Trinajstić information content (AvgIpc) is 2.83. The van der Waals surface area contributed by atoms with E-state index in [-0.39, 0.29) is 12.1 Å². The molecular weight excluding hydrogens is 335 g/mol. The van der Waals surface area contributed by atoms with Crippen molar-refractivity contribution in [3.63, 3.8) is 0 Å². The monoisotopic (exact) mass is 354 g/mol. The summed E-state index contributed by atoms with van der Waals surface area (Å²) in [5.74, 6) is 0. The summed E-state index contributed by atoms with van der Waals surface area (Å²) in [6, 6.07) is 5.82. The standard InChI is InChI=1S/C17H20Cl2N2O2/c1-3-14(21-23-2)16-11(7-10-8-15(22)17(16)20-10)9-4-5-12(18)13(19)6-9/h3-6,10,15,17,20-22H,7-8H2,1-2H3/t10?,15?,17-/m0/s1. The Kier molecular flexibility index (Phi) is 4.99. The first-order chi connectivity index (χ1) is 11.0. The first-order valence-electron chi connectivity index (χ1n) is 7.63. The molecule has 0 amide bonds. The predicted molar refractivity (Wildman–Crippen MR) is 93.2 cm³/mol. The van der Waals surface area contributed by atoms with Crippen LogP contribution in [0.4, 0.5) is 0 Å². The van der Waals surface area contributed by atoms with E-state index in [0.29, 0.717) is 10.0 Å². The van der Waals surface area contributed by atoms with Crippen LogP contribution in [0.15, 0.2) is 35.5 Å². The normalized spacial score (nSPS) is 27.5. The van der Waals surface area contributed by atoms with Crippen molar-refractivity contribution in [1.82, 2.24) is 10.8 Å². The van der Waals surface area contributed by atoms with Crippen molar-refractivity contribution in [1.29, 1.82) is 0 Å². The minimum atomic E-state index is -0.413. The van der Waals surface area contributed by atoms with E-state index in [9.17, 15) is 5.11 Å². The Morgan fingerprint density at radius 2 is 2.17 bits per heavy atom. The van der Waals surface area contributed by atoms with Gasteiger partial charge in [0.1, 0.15) is 0 Å². The second-order valence-corrected chi connectivity index (χ2v) is 6.69. The minimum absolute atomic E-state index is 0.118. The van der Waals surface area contributed by atoms with Gasteiger partial charge in [-0.3, -0.25) is 10.3 Å². The zero-order chi connectivity index (χ0) is 16.6. The summed E-state index contributed by atoms with van der Waals surface area (Å²) < 4.78 is 0. The molecule has 1 aromatic carbocycles. The molecule has 0 spiro atoms. The van der Waals surface area contributed by atoms with Gasteiger partial charge in [0.2, 0.25) is 0 Å². The van der Waals surface area contributed by atoms with Crippen LogP contribution < -0.4 is 10.8 Å². The molecule has 0 saturated carbocycles. The smallest absolute Gasteiger partial charge is 0.0750 e. The molecule has 3 rings (SSSR count). The van der Waals surface area contributed by atoms with Crippen molar-refractivity contribution < 1.29 is 9.94 Å². The highest BCUT2D eigenvalue weighted by atomic mass is 35.5. The molecule has 0 radical (unpaired) electrons. The fourth-order valence-corrected chi connectivity index (χ4v) is 3.79. The van der Waals surface area contributed by atoms with Gasteiger partial charge in [-0.25, -0.2) is 0 Å². The average molecular weight is 355 g/mol. The van der Waals surface area contributed by atoms with Gasteiger partial charge in [-0.05, 0) is 43.0 Å². The van der Waals surface area contributed by atoms with Crippen LogP contribution in [-0.2, 0) is 4.84 Å². The topological polar surface area (TPSA) is 53.5 Å². The fraction of sp³-hybridized carbons (Fsp3) is 0.412. The second-order valence-electron chi connectivity index (χ2n) is 5.88. The van der Waals surface area contributed by atoms with Crippen LogP contribution in [0, 0.1) is 0 Å². The fourth-order valence-electron chi connectivity index (χ4n) is 3.49. The first kappa shape index (κ1) is 16.8. The molecule has 1 saturated heterocycles. The Labute approximate surface area is 146 Å². The van der Waals surface area contributed by atoms with Gasteiger partial charge in [-0.15, -0.1) is 0 Å². The van der Waals surface area contributed by atoms with E-state index in [1.54, 1.807) is 7.11 Å². The zero-order valence-electron chi connectivity index (χ0n) is 13.1. The Bertz CT molecular complexity index is 673. The number of fused-ring (bicyclic) bond motifs is 2. The van der Waals surface area contributed by atoms with Crippen LogP contribution in [0.5, 0.6) is 0 Å². The predicted octanol–water partition coefficient (Wildman–Crippen LogP) is 3.30. The second kappa shape index (κ2) is 6.83. The van der Waals surface area contributed by atoms with E-state index >= 15 is 0 Å². The van der Waals surface area contributed by atoms with Gasteiger partial charge < -0.3 is 10.4 Å². The van der Waals surface area contributed by atoms with E-state index < -0.39 is 6.10 Å². The number of allylic oxidation sites excluding steroid dienone is 1. The Morgan fingerprint density at radius 1 is 1.39 bits per heavy atom. The molecular formula is C17H20Cl2N2O2. The lowest BCUT2D eigenvalue weighted by atomic mass is 9.87. The van der Waals surface area contributed by atoms with Crippen LogP contribution >= 0.6 is 23.2 Å². The molecule has 0 aromatic heterocycles. The summed E-state index contributed by atoms with van der Waals surface area (Å²) >= 11 is 12.2. The summed E-state index contributed by atoms with van der Waals surface area (Å²) in [5.41, 5.74) is 6.98. The quantitative estimate of drug-likeness (QED) is 0.726. The number of aliphatic hydroxyl groups excluding tert-OH is 1. The van der Waals surface area contributed by atoms with Gasteiger partial charge in [-0.2, -0.15) is 0 Å². The number of aliphatic hydroxyl groups is 1. The van der Waals surface area contributed by atoms with Crippen LogP contribution in [-0.4, -0.2) is 30.4 Å². The highest BCUT2D eigenvalue weighted by Gasteiger charge is 2.41. The number of hydrogen-bond donors (Lipinski definition) is 3. The molecule has 3 atom stereocenters. The van der Waals surface area contributed by atoms with Crippen molar-refractivity contribution in [2.75, 3.05) is 7.11 Å². The molecule has 2 aliphatic heterocycles. The molecule has 1 aromatic rings. The third kappa shape index (κ3) is 3.14. The molecule has 2 heterocycles. The number of rotatable bonds is 4. The summed E-state index contributed by atoms with van der Waals surface area (Å²) in [4.78, 5) is 5.11. The first-order valence-corrected chi connectivity index (χ1v) is 8.39. The molecule has 124 valence electrons. The minimum Gasteiger partial charge on any atom is -0.391 e. The van der Waals surface area contributed by atoms with Crippen LogP contribution in [0.2, 0.25) is 10.0 Å². The lowest BCUT2D eigenvalue weighted by Crippen LogP contribution is -2.41. The molecule has 2 bridgehead atoms. The van der Waals surface area contributed by atoms with Crippen LogP contribution in [0.3, 0.4) is 0 Å². The largest absolute Gasteiger partial charge is 0.391 e. The van der Waals surface area contributed by atoms with Gasteiger partial charge in [0.05, 0.1) is 35.0 Å². The zero-order valence-corrected chi connectivity index (χ0v) is 14.6. The van der Waals surface area contributed by atoms with Gasteiger partial charge in [-0.1, -0.05) is 35.3 Å². The van der Waals surface area contributed by atoms with Gasteiger partial charge in [0.25, 0.3) is 0 Å². The SMILES string of the molecule is CC=C(NOC)C1=C(c2ccc(Cl)c(Cl)c2)CC2CC(O)[C@@H]1N2. The third-order valence-electron chi connectivity index (χ3n) is 4.47.